The number of rotatable bonds is 4. The highest BCUT2D eigenvalue weighted by Gasteiger charge is 2.72. The third-order valence-electron chi connectivity index (χ3n) is 13.6. The molecule has 0 radical (unpaired) electrons. The molecule has 7 rings (SSSR count). The van der Waals surface area contributed by atoms with E-state index < -0.39 is 72.4 Å². The molecule has 11 heteroatoms. The fourth-order valence-electron chi connectivity index (χ4n) is 11.4. The molecule has 6 fully saturated rings. The van der Waals surface area contributed by atoms with Crippen molar-refractivity contribution in [3.8, 4) is 0 Å². The molecule has 3 saturated carbocycles. The molecular formula is C33H52O11. The lowest BCUT2D eigenvalue weighted by Gasteiger charge is -2.61. The van der Waals surface area contributed by atoms with E-state index in [1.54, 1.807) is 0 Å². The highest BCUT2D eigenvalue weighted by Crippen LogP contribution is 2.71. The van der Waals surface area contributed by atoms with Gasteiger partial charge >= 0.3 is 0 Å². The molecule has 1 spiro atoms. The predicted octanol–water partition coefficient (Wildman–Crippen LogP) is 0.595. The van der Waals surface area contributed by atoms with Gasteiger partial charge in [-0.2, -0.15) is 0 Å². The van der Waals surface area contributed by atoms with Gasteiger partial charge in [0.05, 0.1) is 43.2 Å². The molecule has 0 unspecified atom stereocenters. The summed E-state index contributed by atoms with van der Waals surface area (Å²) in [6.45, 7) is 8.10. The van der Waals surface area contributed by atoms with E-state index in [0.717, 1.165) is 18.4 Å². The van der Waals surface area contributed by atoms with Gasteiger partial charge in [0.25, 0.3) is 0 Å². The van der Waals surface area contributed by atoms with E-state index in [1.165, 1.54) is 0 Å². The third kappa shape index (κ3) is 4.41. The Morgan fingerprint density at radius 2 is 1.70 bits per heavy atom. The first-order valence-electron chi connectivity index (χ1n) is 16.7. The maximum absolute atomic E-state index is 11.9. The first-order chi connectivity index (χ1) is 20.7. The van der Waals surface area contributed by atoms with Crippen LogP contribution in [0.3, 0.4) is 0 Å². The largest absolute Gasteiger partial charge is 0.394 e. The van der Waals surface area contributed by atoms with Crippen LogP contribution < -0.4 is 0 Å². The molecule has 0 aromatic rings. The van der Waals surface area contributed by atoms with Gasteiger partial charge in [0.2, 0.25) is 0 Å². The zero-order valence-electron chi connectivity index (χ0n) is 26.3. The lowest BCUT2D eigenvalue weighted by Crippen LogP contribution is -2.60. The highest BCUT2D eigenvalue weighted by molar-refractivity contribution is 5.29. The van der Waals surface area contributed by atoms with Crippen LogP contribution in [0.25, 0.3) is 0 Å². The SMILES string of the molecule is C[C@H]1[C@H]2[C@H](C[C@H]3[C@@H]4CC=C5C[C@@H](O)C[C@@H](O)[C@]5(C)[C@H]4[C@H](O)C[C@]23C)O[C@]12CC[C@@](C)(CO[C@@H]1O[C@H](CO)[C@@H](O)[C@H](O)[C@H]1O)O2. The second-order valence-corrected chi connectivity index (χ2v) is 16.0. The molecule has 44 heavy (non-hydrogen) atoms. The van der Waals surface area contributed by atoms with Crippen molar-refractivity contribution in [3.05, 3.63) is 11.6 Å². The minimum absolute atomic E-state index is 0.0176. The van der Waals surface area contributed by atoms with Gasteiger partial charge in [-0.3, -0.25) is 0 Å². The zero-order chi connectivity index (χ0) is 31.6. The van der Waals surface area contributed by atoms with Crippen LogP contribution in [0.4, 0.5) is 0 Å². The number of allylic oxidation sites excluding steroid dienone is 1. The molecule has 0 aromatic carbocycles. The number of fused-ring (bicyclic) bond motifs is 7. The molecule has 0 aromatic heterocycles. The maximum Gasteiger partial charge on any atom is 0.186 e. The fourth-order valence-corrected chi connectivity index (χ4v) is 11.4. The molecule has 11 nitrogen and oxygen atoms in total. The summed E-state index contributed by atoms with van der Waals surface area (Å²) in [6, 6.07) is 0. The molecule has 3 saturated heterocycles. The number of hydrogen-bond acceptors (Lipinski definition) is 11. The van der Waals surface area contributed by atoms with Crippen LogP contribution in [0.1, 0.15) is 72.6 Å². The van der Waals surface area contributed by atoms with Crippen molar-refractivity contribution in [2.75, 3.05) is 13.2 Å². The van der Waals surface area contributed by atoms with Crippen LogP contribution in [-0.2, 0) is 18.9 Å². The van der Waals surface area contributed by atoms with Crippen molar-refractivity contribution < 1.29 is 54.7 Å². The van der Waals surface area contributed by atoms with Gasteiger partial charge in [0.1, 0.15) is 24.4 Å². The smallest absolute Gasteiger partial charge is 0.186 e. The second kappa shape index (κ2) is 10.7. The van der Waals surface area contributed by atoms with Crippen molar-refractivity contribution in [1.29, 1.82) is 0 Å². The quantitative estimate of drug-likeness (QED) is 0.218. The Kier molecular flexibility index (Phi) is 7.72. The summed E-state index contributed by atoms with van der Waals surface area (Å²) in [4.78, 5) is 0. The number of ether oxygens (including phenoxy) is 4. The maximum atomic E-state index is 11.9. The Balaban J connectivity index is 1.07. The molecule has 4 aliphatic carbocycles. The van der Waals surface area contributed by atoms with Gasteiger partial charge in [-0.1, -0.05) is 32.4 Å². The Bertz CT molecular complexity index is 1150. The van der Waals surface area contributed by atoms with Crippen molar-refractivity contribution in [2.24, 2.45) is 40.4 Å². The van der Waals surface area contributed by atoms with Gasteiger partial charge in [-0.15, -0.1) is 0 Å². The minimum Gasteiger partial charge on any atom is -0.394 e. The van der Waals surface area contributed by atoms with Crippen LogP contribution in [0.5, 0.6) is 0 Å². The van der Waals surface area contributed by atoms with Crippen molar-refractivity contribution in [1.82, 2.24) is 0 Å². The van der Waals surface area contributed by atoms with Crippen LogP contribution in [0.2, 0.25) is 0 Å². The monoisotopic (exact) mass is 624 g/mol. The van der Waals surface area contributed by atoms with Gasteiger partial charge in [0.15, 0.2) is 12.1 Å². The van der Waals surface area contributed by atoms with Crippen LogP contribution in [0.15, 0.2) is 11.6 Å². The third-order valence-corrected chi connectivity index (χ3v) is 13.6. The van der Waals surface area contributed by atoms with E-state index in [9.17, 15) is 35.7 Å². The molecule has 7 N–H and O–H groups in total. The number of hydrogen-bond donors (Lipinski definition) is 7. The number of aliphatic hydroxyl groups is 7. The molecule has 0 bridgehead atoms. The van der Waals surface area contributed by atoms with Crippen LogP contribution in [-0.4, -0.2) is 115 Å². The normalized spacial score (nSPS) is 60.0. The predicted molar refractivity (Wildman–Crippen MR) is 155 cm³/mol. The van der Waals surface area contributed by atoms with E-state index in [4.69, 9.17) is 18.9 Å². The fraction of sp³-hybridized carbons (Fsp3) is 0.939. The summed E-state index contributed by atoms with van der Waals surface area (Å²) in [5.41, 5.74) is -0.348. The second-order valence-electron chi connectivity index (χ2n) is 16.0. The molecule has 250 valence electrons. The first-order valence-corrected chi connectivity index (χ1v) is 16.7. The highest BCUT2D eigenvalue weighted by atomic mass is 16.7. The molecule has 3 aliphatic heterocycles. The summed E-state index contributed by atoms with van der Waals surface area (Å²) >= 11 is 0. The Labute approximate surface area is 259 Å². The summed E-state index contributed by atoms with van der Waals surface area (Å²) in [5.74, 6) is -0.0612. The van der Waals surface area contributed by atoms with E-state index >= 15 is 0 Å². The van der Waals surface area contributed by atoms with E-state index in [1.807, 2.05) is 6.92 Å². The Morgan fingerprint density at radius 3 is 2.43 bits per heavy atom. The number of aliphatic hydroxyl groups excluding tert-OH is 7. The minimum atomic E-state index is -1.51. The Morgan fingerprint density at radius 1 is 0.955 bits per heavy atom. The van der Waals surface area contributed by atoms with Crippen LogP contribution >= 0.6 is 0 Å². The molecule has 0 amide bonds. The Hall–Kier alpha value is -0.700. The van der Waals surface area contributed by atoms with E-state index in [2.05, 4.69) is 26.8 Å². The molecule has 18 atom stereocenters. The lowest BCUT2D eigenvalue weighted by atomic mass is 9.45. The van der Waals surface area contributed by atoms with E-state index in [0.29, 0.717) is 38.0 Å². The zero-order valence-corrected chi connectivity index (χ0v) is 26.3. The van der Waals surface area contributed by atoms with Gasteiger partial charge in [-0.25, -0.2) is 0 Å². The molecule has 7 aliphatic rings. The summed E-state index contributed by atoms with van der Waals surface area (Å²) in [6.07, 6.45) is -1.67. The molecule has 3 heterocycles. The lowest BCUT2D eigenvalue weighted by molar-refractivity contribution is -0.318. The summed E-state index contributed by atoms with van der Waals surface area (Å²) in [7, 11) is 0. The average Bonchev–Trinajstić information content (AvgIpc) is 3.55. The summed E-state index contributed by atoms with van der Waals surface area (Å²) in [5, 5.41) is 73.7. The van der Waals surface area contributed by atoms with Crippen molar-refractivity contribution >= 4 is 0 Å². The standard InChI is InChI=1S/C33H52O11/c1-15-24-21(43-33(15)8-7-30(2,44-33)14-41-29-28(40)27(39)26(38)22(13-34)42-29)11-19-18-6-5-16-9-17(35)10-23(37)32(16,4)25(18)20(36)12-31(19,24)3/h5,15,17-29,34-40H,6-14H2,1-4H3/t15-,17+,18-,19-,20+,21-,22+,23+,24-,25+,26+,27-,28+,29+,30-,31-,32+,33-/m0/s1. The first kappa shape index (κ1) is 31.9. The topological polar surface area (TPSA) is 179 Å². The van der Waals surface area contributed by atoms with Crippen LogP contribution in [0, 0.1) is 40.4 Å². The van der Waals surface area contributed by atoms with Gasteiger partial charge < -0.3 is 54.7 Å². The average molecular weight is 625 g/mol. The van der Waals surface area contributed by atoms with Gasteiger partial charge in [-0.05, 0) is 68.1 Å². The molecular weight excluding hydrogens is 572 g/mol. The van der Waals surface area contributed by atoms with E-state index in [-0.39, 0.29) is 41.8 Å². The van der Waals surface area contributed by atoms with Crippen molar-refractivity contribution in [2.45, 2.75) is 139 Å². The summed E-state index contributed by atoms with van der Waals surface area (Å²) < 4.78 is 25.1. The van der Waals surface area contributed by atoms with Gasteiger partial charge in [0, 0.05) is 24.2 Å². The van der Waals surface area contributed by atoms with Crippen molar-refractivity contribution in [3.63, 3.8) is 0 Å².